The number of hydrogen-bond acceptors (Lipinski definition) is 10. The number of nitrogens with zero attached hydrogens (tertiary/aromatic N) is 5. The number of hydrazine groups is 2. The van der Waals surface area contributed by atoms with Crippen LogP contribution in [0, 0.1) is 0 Å². The number of rotatable bonds is 6. The molecule has 2 aliphatic heterocycles. The molecule has 1 unspecified atom stereocenters. The fraction of sp³-hybridized carbons (Fsp3) is 0.333. The van der Waals surface area contributed by atoms with E-state index in [-0.39, 0.29) is 11.8 Å². The van der Waals surface area contributed by atoms with Gasteiger partial charge in [0.2, 0.25) is 12.1 Å². The van der Waals surface area contributed by atoms with Crippen molar-refractivity contribution >= 4 is 29.5 Å². The molecule has 30 heavy (non-hydrogen) atoms. The van der Waals surface area contributed by atoms with Gasteiger partial charge in [-0.2, -0.15) is 10.2 Å². The van der Waals surface area contributed by atoms with Crippen LogP contribution in [-0.4, -0.2) is 51.3 Å². The van der Waals surface area contributed by atoms with E-state index >= 15 is 0 Å². The Labute approximate surface area is 176 Å². The van der Waals surface area contributed by atoms with Gasteiger partial charge in [0.1, 0.15) is 17.8 Å². The lowest BCUT2D eigenvalue weighted by Gasteiger charge is -2.29. The number of piperidine rings is 1. The zero-order chi connectivity index (χ0) is 20.9. The summed E-state index contributed by atoms with van der Waals surface area (Å²) in [6.07, 6.45) is 2.75. The Balaban J connectivity index is 1.44. The second kappa shape index (κ2) is 8.97. The first-order valence-corrected chi connectivity index (χ1v) is 10.3. The SMILES string of the molecule is N/C(=N\N1CCC(c2nc(C(Oc3ccccc3)N3C=NNN3)cs2)CC1)C(=O)O. The molecule has 0 radical (unpaired) electrons. The molecule has 0 amide bonds. The van der Waals surface area contributed by atoms with Crippen molar-refractivity contribution in [3.8, 4) is 5.75 Å². The number of aliphatic carboxylic acids is 1. The number of carboxylic acid groups (broad SMARTS) is 1. The molecule has 2 aromatic rings. The van der Waals surface area contributed by atoms with E-state index in [1.807, 2.05) is 35.7 Å². The molecule has 0 bridgehead atoms. The average molecular weight is 430 g/mol. The van der Waals surface area contributed by atoms with Crippen molar-refractivity contribution in [3.05, 3.63) is 46.4 Å². The summed E-state index contributed by atoms with van der Waals surface area (Å²) < 4.78 is 6.15. The van der Waals surface area contributed by atoms with Gasteiger partial charge in [-0.15, -0.1) is 16.9 Å². The number of amidine groups is 1. The van der Waals surface area contributed by atoms with E-state index in [1.54, 1.807) is 27.7 Å². The highest BCUT2D eigenvalue weighted by molar-refractivity contribution is 7.09. The standard InChI is InChI=1S/C18H22N8O3S/c19-15(18(27)28)22-25-8-6-12(7-9-25)16-21-14(10-30-16)17(26-11-20-23-24-26)29-13-4-2-1-3-5-13/h1-5,10-12,17,23-24H,6-9H2,(H2,19,22)(H,27,28). The zero-order valence-electron chi connectivity index (χ0n) is 16.0. The normalized spacial score (nSPS) is 18.3. The number of para-hydroxylation sites is 1. The molecule has 1 aromatic heterocycles. The summed E-state index contributed by atoms with van der Waals surface area (Å²) in [6.45, 7) is 1.25. The molecule has 1 fully saturated rings. The minimum Gasteiger partial charge on any atom is -0.475 e. The number of thiazole rings is 1. The Morgan fingerprint density at radius 1 is 1.33 bits per heavy atom. The molecule has 1 saturated heterocycles. The number of carboxylic acids is 1. The van der Waals surface area contributed by atoms with E-state index in [0.717, 1.165) is 29.3 Å². The third-order valence-electron chi connectivity index (χ3n) is 4.75. The maximum atomic E-state index is 10.8. The van der Waals surface area contributed by atoms with Gasteiger partial charge in [0.15, 0.2) is 0 Å². The number of hydrazone groups is 2. The van der Waals surface area contributed by atoms with Crippen molar-refractivity contribution in [1.82, 2.24) is 26.1 Å². The van der Waals surface area contributed by atoms with Gasteiger partial charge in [-0.05, 0) is 25.0 Å². The molecule has 12 heteroatoms. The van der Waals surface area contributed by atoms with Crippen LogP contribution in [-0.2, 0) is 4.79 Å². The van der Waals surface area contributed by atoms with Crippen LogP contribution in [0.25, 0.3) is 0 Å². The molecule has 158 valence electrons. The molecule has 0 saturated carbocycles. The van der Waals surface area contributed by atoms with Crippen molar-refractivity contribution in [3.63, 3.8) is 0 Å². The highest BCUT2D eigenvalue weighted by Crippen LogP contribution is 2.33. The molecule has 1 atom stereocenters. The van der Waals surface area contributed by atoms with Gasteiger partial charge in [-0.3, -0.25) is 5.01 Å². The molecule has 0 spiro atoms. The maximum Gasteiger partial charge on any atom is 0.373 e. The van der Waals surface area contributed by atoms with Crippen LogP contribution in [0.15, 0.2) is 45.9 Å². The van der Waals surface area contributed by atoms with Crippen LogP contribution in [0.1, 0.15) is 35.7 Å². The molecule has 2 aliphatic rings. The first kappa shape index (κ1) is 19.9. The average Bonchev–Trinajstić information content (AvgIpc) is 3.46. The summed E-state index contributed by atoms with van der Waals surface area (Å²) in [6, 6.07) is 9.53. The van der Waals surface area contributed by atoms with E-state index in [0.29, 0.717) is 13.1 Å². The van der Waals surface area contributed by atoms with Crippen LogP contribution < -0.4 is 21.5 Å². The van der Waals surface area contributed by atoms with Crippen molar-refractivity contribution < 1.29 is 14.6 Å². The largest absolute Gasteiger partial charge is 0.475 e. The van der Waals surface area contributed by atoms with Gasteiger partial charge in [-0.25, -0.2) is 20.3 Å². The van der Waals surface area contributed by atoms with Crippen molar-refractivity contribution in [2.75, 3.05) is 13.1 Å². The fourth-order valence-electron chi connectivity index (χ4n) is 3.22. The smallest absolute Gasteiger partial charge is 0.373 e. The van der Waals surface area contributed by atoms with E-state index in [9.17, 15) is 4.79 Å². The van der Waals surface area contributed by atoms with E-state index in [1.165, 1.54) is 0 Å². The number of nitrogens with two attached hydrogens (primary N) is 1. The summed E-state index contributed by atoms with van der Waals surface area (Å²) in [5.41, 5.74) is 11.8. The number of carbonyl (C=O) groups is 1. The van der Waals surface area contributed by atoms with Gasteiger partial charge < -0.3 is 15.6 Å². The topological polar surface area (TPSA) is 141 Å². The van der Waals surface area contributed by atoms with E-state index in [4.69, 9.17) is 20.6 Å². The van der Waals surface area contributed by atoms with Gasteiger partial charge in [0, 0.05) is 24.4 Å². The van der Waals surface area contributed by atoms with Gasteiger partial charge >= 0.3 is 5.97 Å². The number of ether oxygens (including phenoxy) is 1. The Bertz CT molecular complexity index is 927. The number of aromatic nitrogens is 1. The molecule has 3 heterocycles. The Kier molecular flexibility index (Phi) is 5.95. The Morgan fingerprint density at radius 3 is 2.77 bits per heavy atom. The van der Waals surface area contributed by atoms with Crippen molar-refractivity contribution in [2.24, 2.45) is 15.9 Å². The second-order valence-electron chi connectivity index (χ2n) is 6.79. The van der Waals surface area contributed by atoms with Crippen LogP contribution in [0.4, 0.5) is 0 Å². The molecular formula is C18H22N8O3S. The molecular weight excluding hydrogens is 408 g/mol. The molecule has 4 rings (SSSR count). The minimum atomic E-state index is -1.21. The summed E-state index contributed by atoms with van der Waals surface area (Å²) in [5.74, 6) is -0.600. The maximum absolute atomic E-state index is 10.8. The molecule has 0 aliphatic carbocycles. The highest BCUT2D eigenvalue weighted by Gasteiger charge is 2.28. The van der Waals surface area contributed by atoms with Crippen LogP contribution >= 0.6 is 11.3 Å². The first-order chi connectivity index (χ1) is 14.6. The van der Waals surface area contributed by atoms with Crippen LogP contribution in [0.2, 0.25) is 0 Å². The predicted molar refractivity (Wildman–Crippen MR) is 111 cm³/mol. The van der Waals surface area contributed by atoms with Crippen LogP contribution in [0.3, 0.4) is 0 Å². The molecule has 11 nitrogen and oxygen atoms in total. The van der Waals surface area contributed by atoms with E-state index < -0.39 is 12.2 Å². The van der Waals surface area contributed by atoms with Gasteiger partial charge in [0.05, 0.1) is 5.01 Å². The number of nitrogens with one attached hydrogen (secondary N) is 2. The lowest BCUT2D eigenvalue weighted by molar-refractivity contribution is -0.129. The van der Waals surface area contributed by atoms with Crippen LogP contribution in [0.5, 0.6) is 5.75 Å². The Hall–Kier alpha value is -3.38. The van der Waals surface area contributed by atoms with Crippen molar-refractivity contribution in [2.45, 2.75) is 25.0 Å². The lowest BCUT2D eigenvalue weighted by Crippen LogP contribution is -2.42. The zero-order valence-corrected chi connectivity index (χ0v) is 16.8. The Morgan fingerprint density at radius 2 is 2.10 bits per heavy atom. The molecule has 1 aromatic carbocycles. The summed E-state index contributed by atoms with van der Waals surface area (Å²) in [7, 11) is 0. The van der Waals surface area contributed by atoms with Gasteiger partial charge in [0.25, 0.3) is 0 Å². The van der Waals surface area contributed by atoms with E-state index in [2.05, 4.69) is 21.3 Å². The quantitative estimate of drug-likeness (QED) is 0.390. The third-order valence-corrected chi connectivity index (χ3v) is 5.78. The first-order valence-electron chi connectivity index (χ1n) is 9.41. The molecule has 5 N–H and O–H groups in total. The van der Waals surface area contributed by atoms with Gasteiger partial charge in [-0.1, -0.05) is 18.2 Å². The summed E-state index contributed by atoms with van der Waals surface area (Å²) in [4.78, 5) is 15.7. The highest BCUT2D eigenvalue weighted by atomic mass is 32.1. The second-order valence-corrected chi connectivity index (χ2v) is 7.68. The lowest BCUT2D eigenvalue weighted by atomic mass is 9.98. The van der Waals surface area contributed by atoms with Crippen molar-refractivity contribution in [1.29, 1.82) is 0 Å². The monoisotopic (exact) mass is 430 g/mol. The number of benzene rings is 1. The summed E-state index contributed by atoms with van der Waals surface area (Å²) in [5, 5.41) is 23.2. The number of hydrogen-bond donors (Lipinski definition) is 4. The summed E-state index contributed by atoms with van der Waals surface area (Å²) >= 11 is 1.59. The predicted octanol–water partition coefficient (Wildman–Crippen LogP) is 1.02. The fourth-order valence-corrected chi connectivity index (χ4v) is 4.22. The minimum absolute atomic E-state index is 0.275. The third kappa shape index (κ3) is 4.60.